The van der Waals surface area contributed by atoms with Gasteiger partial charge in [0, 0.05) is 13.2 Å². The predicted molar refractivity (Wildman–Crippen MR) is 134 cm³/mol. The van der Waals surface area contributed by atoms with E-state index in [0.29, 0.717) is 31.1 Å². The maximum Gasteiger partial charge on any atom is 0.247 e. The number of halogens is 1. The van der Waals surface area contributed by atoms with E-state index in [1.54, 1.807) is 4.90 Å². The summed E-state index contributed by atoms with van der Waals surface area (Å²) in [5.41, 5.74) is 3.05. The smallest absolute Gasteiger partial charge is 0.247 e. The predicted octanol–water partition coefficient (Wildman–Crippen LogP) is 4.42. The van der Waals surface area contributed by atoms with Crippen molar-refractivity contribution in [2.75, 3.05) is 24.6 Å². The fraction of sp³-hybridized carbons (Fsp3) is 0.440. The Hall–Kier alpha value is -2.40. The molecule has 2 fully saturated rings. The Morgan fingerprint density at radius 2 is 1.94 bits per heavy atom. The van der Waals surface area contributed by atoms with E-state index in [9.17, 15) is 17.6 Å². The Morgan fingerprint density at radius 1 is 1.17 bits per heavy atom. The van der Waals surface area contributed by atoms with Gasteiger partial charge in [-0.25, -0.2) is 17.8 Å². The number of benzene rings is 2. The molecule has 2 saturated heterocycles. The van der Waals surface area contributed by atoms with Crippen LogP contribution in [0.15, 0.2) is 41.3 Å². The van der Waals surface area contributed by atoms with E-state index < -0.39 is 21.9 Å². The number of sulfonamides is 1. The van der Waals surface area contributed by atoms with E-state index in [1.165, 1.54) is 27.8 Å². The molecule has 0 aliphatic carbocycles. The van der Waals surface area contributed by atoms with Crippen LogP contribution in [0.4, 0.5) is 9.52 Å². The Balaban J connectivity index is 1.50. The van der Waals surface area contributed by atoms with Gasteiger partial charge in [0.1, 0.15) is 11.9 Å². The third kappa shape index (κ3) is 4.60. The van der Waals surface area contributed by atoms with Crippen LogP contribution in [-0.2, 0) is 19.6 Å². The minimum Gasteiger partial charge on any atom is -0.376 e. The summed E-state index contributed by atoms with van der Waals surface area (Å²) in [6, 6.07) is 7.93. The number of carbonyl (C=O) groups is 1. The third-order valence-corrected chi connectivity index (χ3v) is 9.86. The molecule has 35 heavy (non-hydrogen) atoms. The van der Waals surface area contributed by atoms with Crippen LogP contribution in [0.3, 0.4) is 0 Å². The minimum absolute atomic E-state index is 0.0182. The van der Waals surface area contributed by atoms with Gasteiger partial charge >= 0.3 is 0 Å². The maximum absolute atomic E-state index is 14.0. The quantitative estimate of drug-likeness (QED) is 0.484. The van der Waals surface area contributed by atoms with E-state index in [4.69, 9.17) is 9.72 Å². The van der Waals surface area contributed by atoms with E-state index >= 15 is 0 Å². The van der Waals surface area contributed by atoms with Crippen LogP contribution in [0.25, 0.3) is 10.2 Å². The highest BCUT2D eigenvalue weighted by molar-refractivity contribution is 7.89. The van der Waals surface area contributed by atoms with Crippen LogP contribution in [-0.4, -0.2) is 55.5 Å². The van der Waals surface area contributed by atoms with E-state index in [-0.39, 0.29) is 23.5 Å². The number of fused-ring (bicyclic) bond motifs is 1. The third-order valence-electron chi connectivity index (χ3n) is 6.89. The summed E-state index contributed by atoms with van der Waals surface area (Å²) in [7, 11) is -3.96. The summed E-state index contributed by atoms with van der Waals surface area (Å²) >= 11 is 1.43. The lowest BCUT2D eigenvalue weighted by atomic mass is 10.1. The lowest BCUT2D eigenvalue weighted by molar-refractivity contribution is -0.122. The lowest BCUT2D eigenvalue weighted by Crippen LogP contribution is -2.49. The summed E-state index contributed by atoms with van der Waals surface area (Å²) in [5, 5.41) is 0.556. The van der Waals surface area contributed by atoms with Gasteiger partial charge in [-0.2, -0.15) is 4.31 Å². The van der Waals surface area contributed by atoms with Crippen molar-refractivity contribution in [3.8, 4) is 0 Å². The summed E-state index contributed by atoms with van der Waals surface area (Å²) in [5.74, 6) is -0.806. The van der Waals surface area contributed by atoms with Gasteiger partial charge in [0.05, 0.1) is 27.8 Å². The molecule has 10 heteroatoms. The zero-order valence-corrected chi connectivity index (χ0v) is 21.4. The molecular formula is C25H28FN3O4S2. The van der Waals surface area contributed by atoms with Gasteiger partial charge in [-0.15, -0.1) is 0 Å². The SMILES string of the molecule is Cc1ccc2sc(N(CC3CCCO3)C(=O)C3CCCN3S(=O)(=O)c3ccc(F)cc3)nc2c1C. The lowest BCUT2D eigenvalue weighted by Gasteiger charge is -2.29. The minimum atomic E-state index is -3.96. The normalized spacial score (nSPS) is 21.1. The molecule has 2 aromatic carbocycles. The van der Waals surface area contributed by atoms with Crippen molar-refractivity contribution in [1.82, 2.24) is 9.29 Å². The molecule has 2 atom stereocenters. The highest BCUT2D eigenvalue weighted by atomic mass is 32.2. The molecule has 186 valence electrons. The van der Waals surface area contributed by atoms with E-state index in [2.05, 4.69) is 0 Å². The van der Waals surface area contributed by atoms with Gasteiger partial charge in [-0.1, -0.05) is 17.4 Å². The van der Waals surface area contributed by atoms with E-state index in [0.717, 1.165) is 46.3 Å². The highest BCUT2D eigenvalue weighted by Gasteiger charge is 2.42. The fourth-order valence-corrected chi connectivity index (χ4v) is 7.47. The first-order valence-corrected chi connectivity index (χ1v) is 14.1. The van der Waals surface area contributed by atoms with Crippen molar-refractivity contribution in [3.63, 3.8) is 0 Å². The number of anilines is 1. The molecule has 0 saturated carbocycles. The molecule has 1 aromatic heterocycles. The number of thiazole rings is 1. The number of amides is 1. The van der Waals surface area contributed by atoms with Crippen LogP contribution < -0.4 is 4.90 Å². The van der Waals surface area contributed by atoms with Crippen molar-refractivity contribution < 1.29 is 22.3 Å². The summed E-state index contributed by atoms with van der Waals surface area (Å²) in [6.07, 6.45) is 2.65. The van der Waals surface area contributed by atoms with Gasteiger partial charge in [0.15, 0.2) is 5.13 Å². The van der Waals surface area contributed by atoms with Gasteiger partial charge < -0.3 is 4.74 Å². The second-order valence-electron chi connectivity index (χ2n) is 9.16. The first-order valence-electron chi connectivity index (χ1n) is 11.8. The Bertz CT molecular complexity index is 1350. The Labute approximate surface area is 208 Å². The number of hydrogen-bond acceptors (Lipinski definition) is 6. The van der Waals surface area contributed by atoms with Crippen LogP contribution in [0.2, 0.25) is 0 Å². The van der Waals surface area contributed by atoms with Gasteiger partial charge in [0.25, 0.3) is 0 Å². The van der Waals surface area contributed by atoms with Crippen molar-refractivity contribution in [2.24, 2.45) is 0 Å². The second-order valence-corrected chi connectivity index (χ2v) is 12.1. The maximum atomic E-state index is 14.0. The first kappa shape index (κ1) is 24.3. The molecule has 2 aliphatic rings. The molecule has 0 N–H and O–H groups in total. The molecule has 7 nitrogen and oxygen atoms in total. The molecule has 0 spiro atoms. The summed E-state index contributed by atoms with van der Waals surface area (Å²) < 4.78 is 48.2. The first-order chi connectivity index (χ1) is 16.8. The molecule has 1 amide bonds. The van der Waals surface area contributed by atoms with Crippen molar-refractivity contribution in [2.45, 2.75) is 56.6 Å². The van der Waals surface area contributed by atoms with Crippen LogP contribution in [0.1, 0.15) is 36.8 Å². The molecule has 2 aliphatic heterocycles. The average Bonchev–Trinajstić information content (AvgIpc) is 3.60. The monoisotopic (exact) mass is 517 g/mol. The van der Waals surface area contributed by atoms with E-state index in [1.807, 2.05) is 26.0 Å². The number of carbonyl (C=O) groups excluding carboxylic acids is 1. The van der Waals surface area contributed by atoms with Crippen LogP contribution in [0.5, 0.6) is 0 Å². The highest BCUT2D eigenvalue weighted by Crippen LogP contribution is 2.35. The number of rotatable bonds is 6. The average molecular weight is 518 g/mol. The number of hydrogen-bond donors (Lipinski definition) is 0. The number of aryl methyl sites for hydroxylation is 2. The molecule has 0 radical (unpaired) electrons. The molecule has 2 unspecified atom stereocenters. The van der Waals surface area contributed by atoms with Gasteiger partial charge in [-0.3, -0.25) is 9.69 Å². The number of aromatic nitrogens is 1. The van der Waals surface area contributed by atoms with Gasteiger partial charge in [-0.05, 0) is 81.0 Å². The zero-order chi connectivity index (χ0) is 24.7. The van der Waals surface area contributed by atoms with Crippen molar-refractivity contribution in [1.29, 1.82) is 0 Å². The topological polar surface area (TPSA) is 79.8 Å². The second kappa shape index (κ2) is 9.57. The zero-order valence-electron chi connectivity index (χ0n) is 19.7. The van der Waals surface area contributed by atoms with Crippen LogP contribution >= 0.6 is 11.3 Å². The number of ether oxygens (including phenoxy) is 1. The summed E-state index contributed by atoms with van der Waals surface area (Å²) in [4.78, 5) is 20.4. The Kier molecular flexibility index (Phi) is 6.65. The molecule has 0 bridgehead atoms. The Morgan fingerprint density at radius 3 is 2.66 bits per heavy atom. The fourth-order valence-electron chi connectivity index (χ4n) is 4.78. The molecule has 3 heterocycles. The molecular weight excluding hydrogens is 489 g/mol. The molecule has 3 aromatic rings. The van der Waals surface area contributed by atoms with Crippen molar-refractivity contribution >= 4 is 42.6 Å². The standard InChI is InChI=1S/C25H28FN3O4S2/c1-16-7-12-22-23(17(16)2)27-25(34-22)28(15-19-5-4-14-33-19)24(30)21-6-3-13-29(21)35(31,32)20-10-8-18(26)9-11-20/h7-12,19,21H,3-6,13-15H2,1-2H3. The van der Waals surface area contributed by atoms with Gasteiger partial charge in [0.2, 0.25) is 15.9 Å². The van der Waals surface area contributed by atoms with Crippen LogP contribution in [0, 0.1) is 19.7 Å². The number of nitrogens with zero attached hydrogens (tertiary/aromatic N) is 3. The largest absolute Gasteiger partial charge is 0.376 e. The summed E-state index contributed by atoms with van der Waals surface area (Å²) in [6.45, 7) is 5.26. The van der Waals surface area contributed by atoms with Crippen molar-refractivity contribution in [3.05, 3.63) is 53.3 Å². The molecule has 5 rings (SSSR count).